The lowest BCUT2D eigenvalue weighted by Gasteiger charge is -2.30. The lowest BCUT2D eigenvalue weighted by molar-refractivity contribution is -0.158. The van der Waals surface area contributed by atoms with Crippen molar-refractivity contribution >= 4 is 46.6 Å². The molecule has 2 aromatic rings. The van der Waals surface area contributed by atoms with E-state index < -0.39 is 47.6 Å². The summed E-state index contributed by atoms with van der Waals surface area (Å²) >= 11 is 0. The second-order valence-electron chi connectivity index (χ2n) is 10.4. The van der Waals surface area contributed by atoms with E-state index in [2.05, 4.69) is 20.9 Å². The van der Waals surface area contributed by atoms with E-state index in [0.717, 1.165) is 35.7 Å². The topological polar surface area (TPSA) is 170 Å². The number of H-pyrrole nitrogens is 1. The van der Waals surface area contributed by atoms with Crippen molar-refractivity contribution in [1.29, 1.82) is 5.41 Å². The van der Waals surface area contributed by atoms with Gasteiger partial charge in [0, 0.05) is 36.9 Å². The molecule has 11 heteroatoms. The Morgan fingerprint density at radius 2 is 1.77 bits per heavy atom. The zero-order valence-corrected chi connectivity index (χ0v) is 23.3. The highest BCUT2D eigenvalue weighted by atomic mass is 16.5. The fourth-order valence-electron chi connectivity index (χ4n) is 4.52. The molecule has 0 aliphatic heterocycles. The van der Waals surface area contributed by atoms with E-state index in [-0.39, 0.29) is 31.3 Å². The molecule has 3 amide bonds. The largest absolute Gasteiger partial charge is 0.461 e. The van der Waals surface area contributed by atoms with Crippen molar-refractivity contribution in [2.45, 2.75) is 89.9 Å². The molecule has 1 fully saturated rings. The number of Topliss-reactive ketones (excluding diaryl/α,β-unsaturated/α-hetero) is 1. The molecule has 1 saturated carbocycles. The van der Waals surface area contributed by atoms with Crippen LogP contribution in [0, 0.1) is 11.3 Å². The molecule has 0 bridgehead atoms. The lowest BCUT2D eigenvalue weighted by Crippen LogP contribution is -2.57. The van der Waals surface area contributed by atoms with Crippen molar-refractivity contribution in [3.63, 3.8) is 0 Å². The first-order valence-corrected chi connectivity index (χ1v) is 13.8. The number of rotatable bonds is 15. The van der Waals surface area contributed by atoms with Gasteiger partial charge in [-0.3, -0.25) is 19.2 Å². The molecule has 4 atom stereocenters. The van der Waals surface area contributed by atoms with E-state index in [9.17, 15) is 24.0 Å². The number of aromatic nitrogens is 1. The van der Waals surface area contributed by atoms with E-state index in [1.165, 1.54) is 6.92 Å². The van der Waals surface area contributed by atoms with Crippen LogP contribution in [0.25, 0.3) is 10.9 Å². The average molecular weight is 554 g/mol. The number of aromatic amines is 1. The second kappa shape index (κ2) is 14.4. The molecular formula is C29H39N5O6. The Kier molecular flexibility index (Phi) is 11.0. The van der Waals surface area contributed by atoms with Crippen molar-refractivity contribution in [3.05, 3.63) is 36.0 Å². The van der Waals surface area contributed by atoms with Crippen molar-refractivity contribution < 1.29 is 28.7 Å². The molecule has 1 aliphatic rings. The van der Waals surface area contributed by atoms with Crippen LogP contribution in [0.5, 0.6) is 0 Å². The monoisotopic (exact) mass is 553 g/mol. The van der Waals surface area contributed by atoms with Crippen molar-refractivity contribution in [2.24, 2.45) is 5.92 Å². The highest BCUT2D eigenvalue weighted by Crippen LogP contribution is 2.24. The Hall–Kier alpha value is -4.02. The Labute approximate surface area is 233 Å². The molecular weight excluding hydrogens is 514 g/mol. The van der Waals surface area contributed by atoms with Gasteiger partial charge in [-0.1, -0.05) is 38.5 Å². The summed E-state index contributed by atoms with van der Waals surface area (Å²) in [4.78, 5) is 66.7. The van der Waals surface area contributed by atoms with Gasteiger partial charge in [-0.15, -0.1) is 0 Å². The minimum atomic E-state index is -1.18. The summed E-state index contributed by atoms with van der Waals surface area (Å²) in [6.07, 6.45) is 5.36. The van der Waals surface area contributed by atoms with E-state index in [1.807, 2.05) is 38.1 Å². The smallest absolute Gasteiger partial charge is 0.329 e. The molecule has 0 radical (unpaired) electrons. The molecule has 1 aliphatic carbocycles. The number of carbonyl (C=O) groups is 5. The predicted molar refractivity (Wildman–Crippen MR) is 150 cm³/mol. The maximum Gasteiger partial charge on any atom is 0.329 e. The first-order chi connectivity index (χ1) is 19.1. The molecule has 3 rings (SSSR count). The van der Waals surface area contributed by atoms with E-state index in [4.69, 9.17) is 10.1 Å². The second-order valence-corrected chi connectivity index (χ2v) is 10.4. The van der Waals surface area contributed by atoms with Crippen molar-refractivity contribution in [1.82, 2.24) is 20.9 Å². The Balaban J connectivity index is 1.78. The van der Waals surface area contributed by atoms with Gasteiger partial charge < -0.3 is 31.1 Å². The number of ketones is 1. The molecule has 11 nitrogen and oxygen atoms in total. The van der Waals surface area contributed by atoms with Gasteiger partial charge in [-0.2, -0.15) is 0 Å². The SMILES string of the molecule is CCC(C)[C@H](NC(=O)[C@H](CCC(=O)C=N)NC(=O)[C@H](Cc1c[nH]c2ccccc12)NC(C)=O)C(=O)OC1CCC1. The minimum Gasteiger partial charge on any atom is -0.461 e. The average Bonchev–Trinajstić information content (AvgIpc) is 3.32. The first kappa shape index (κ1) is 30.5. The third-order valence-electron chi connectivity index (χ3n) is 7.37. The fraction of sp³-hybridized carbons (Fsp3) is 0.517. The van der Waals surface area contributed by atoms with Crippen LogP contribution in [0.4, 0.5) is 0 Å². The summed E-state index contributed by atoms with van der Waals surface area (Å²) in [6.45, 7) is 5.02. The number of esters is 1. The normalized spacial score (nSPS) is 16.1. The summed E-state index contributed by atoms with van der Waals surface area (Å²) in [7, 11) is 0. The third kappa shape index (κ3) is 8.24. The van der Waals surface area contributed by atoms with Crippen molar-refractivity contribution in [3.8, 4) is 0 Å². The van der Waals surface area contributed by atoms with E-state index in [0.29, 0.717) is 12.6 Å². The van der Waals surface area contributed by atoms with Gasteiger partial charge >= 0.3 is 5.97 Å². The molecule has 1 unspecified atom stereocenters. The minimum absolute atomic E-state index is 0.0867. The maximum atomic E-state index is 13.4. The van der Waals surface area contributed by atoms with Crippen LogP contribution >= 0.6 is 0 Å². The highest BCUT2D eigenvalue weighted by Gasteiger charge is 2.34. The zero-order chi connectivity index (χ0) is 29.2. The van der Waals surface area contributed by atoms with Gasteiger partial charge in [-0.05, 0) is 43.2 Å². The van der Waals surface area contributed by atoms with E-state index in [1.54, 1.807) is 6.20 Å². The molecule has 0 spiro atoms. The van der Waals surface area contributed by atoms with Gasteiger partial charge in [0.05, 0.1) is 6.21 Å². The number of para-hydroxylation sites is 1. The number of amides is 3. The van der Waals surface area contributed by atoms with Gasteiger partial charge in [0.1, 0.15) is 24.2 Å². The quantitative estimate of drug-likeness (QED) is 0.167. The number of carbonyl (C=O) groups excluding carboxylic acids is 5. The van der Waals surface area contributed by atoms with Crippen LogP contribution in [-0.4, -0.2) is 64.9 Å². The number of hydrogen-bond acceptors (Lipinski definition) is 7. The fourth-order valence-corrected chi connectivity index (χ4v) is 4.52. The molecule has 1 aromatic heterocycles. The van der Waals surface area contributed by atoms with Crippen LogP contribution in [0.1, 0.15) is 64.9 Å². The summed E-state index contributed by atoms with van der Waals surface area (Å²) in [5, 5.41) is 16.1. The van der Waals surface area contributed by atoms with Crippen LogP contribution in [0.3, 0.4) is 0 Å². The summed E-state index contributed by atoms with van der Waals surface area (Å²) < 4.78 is 5.55. The Morgan fingerprint density at radius 1 is 1.07 bits per heavy atom. The molecule has 216 valence electrons. The summed E-state index contributed by atoms with van der Waals surface area (Å²) in [5.74, 6) is -2.94. The summed E-state index contributed by atoms with van der Waals surface area (Å²) in [5.41, 5.74) is 1.69. The Morgan fingerprint density at radius 3 is 2.40 bits per heavy atom. The van der Waals surface area contributed by atoms with Gasteiger partial charge in [0.2, 0.25) is 17.7 Å². The van der Waals surface area contributed by atoms with Crippen LogP contribution in [-0.2, 0) is 35.1 Å². The highest BCUT2D eigenvalue weighted by molar-refractivity contribution is 6.26. The number of ether oxygens (including phenoxy) is 1. The van der Waals surface area contributed by atoms with Gasteiger partial charge in [0.25, 0.3) is 0 Å². The number of benzene rings is 1. The van der Waals surface area contributed by atoms with Gasteiger partial charge in [0.15, 0.2) is 5.78 Å². The zero-order valence-electron chi connectivity index (χ0n) is 23.3. The standard InChI is InChI=1S/C29H39N5O6/c1-4-17(2)26(29(39)40-21-8-7-9-21)34-27(37)24(13-12-20(36)15-30)33-28(38)25(32-18(3)35)14-19-16-31-23-11-6-5-10-22(19)23/h5-6,10-11,15-17,21,24-26,30-31H,4,7-9,12-14H2,1-3H3,(H,32,35)(H,33,38)(H,34,37)/t17?,24-,25-,26-/m0/s1. The third-order valence-corrected chi connectivity index (χ3v) is 7.37. The molecule has 1 heterocycles. The van der Waals surface area contributed by atoms with Crippen molar-refractivity contribution in [2.75, 3.05) is 0 Å². The molecule has 1 aromatic carbocycles. The number of nitrogens with one attached hydrogen (secondary N) is 5. The number of hydrogen-bond donors (Lipinski definition) is 5. The van der Waals surface area contributed by atoms with Crippen LogP contribution in [0.15, 0.2) is 30.5 Å². The predicted octanol–water partition coefficient (Wildman–Crippen LogP) is 2.33. The molecule has 40 heavy (non-hydrogen) atoms. The van der Waals surface area contributed by atoms with Crippen LogP contribution < -0.4 is 16.0 Å². The Bertz CT molecular complexity index is 1240. The molecule has 5 N–H and O–H groups in total. The van der Waals surface area contributed by atoms with E-state index >= 15 is 0 Å². The lowest BCUT2D eigenvalue weighted by atomic mass is 9.95. The maximum absolute atomic E-state index is 13.4. The van der Waals surface area contributed by atoms with Gasteiger partial charge in [-0.25, -0.2) is 4.79 Å². The summed E-state index contributed by atoms with van der Waals surface area (Å²) in [6, 6.07) is 4.45. The molecule has 0 saturated heterocycles. The van der Waals surface area contributed by atoms with Crippen LogP contribution in [0.2, 0.25) is 0 Å². The number of fused-ring (bicyclic) bond motifs is 1. The first-order valence-electron chi connectivity index (χ1n) is 13.8.